The summed E-state index contributed by atoms with van der Waals surface area (Å²) in [7, 11) is 0. The lowest BCUT2D eigenvalue weighted by Gasteiger charge is -2.47. The number of likely N-dealkylation sites (tertiary alicyclic amines) is 1. The minimum atomic E-state index is -5.08. The number of fused-ring (bicyclic) bond motifs is 1. The fourth-order valence-electron chi connectivity index (χ4n) is 4.87. The summed E-state index contributed by atoms with van der Waals surface area (Å²) in [6.45, 7) is 3.99. The van der Waals surface area contributed by atoms with Gasteiger partial charge >= 0.3 is 12.1 Å². The average molecular weight is 525 g/mol. The number of piperidine rings is 1. The third-order valence-electron chi connectivity index (χ3n) is 7.02. The molecule has 196 valence electrons. The van der Waals surface area contributed by atoms with Crippen molar-refractivity contribution in [3.05, 3.63) is 52.2 Å². The van der Waals surface area contributed by atoms with E-state index in [1.54, 1.807) is 11.3 Å². The maximum atomic E-state index is 12.6. The molecule has 1 unspecified atom stereocenters. The highest BCUT2D eigenvalue weighted by Gasteiger charge is 2.43. The SMILES string of the molecule is O=C(CC1CC2(CCN(Cc3ccsc3)CC2)Oc2ccccc21)NCC1CC1.O=C(O)C(F)(F)F. The van der Waals surface area contributed by atoms with E-state index in [9.17, 15) is 18.0 Å². The Balaban J connectivity index is 0.000000384. The molecule has 3 heterocycles. The number of hydrogen-bond acceptors (Lipinski definition) is 5. The van der Waals surface area contributed by atoms with E-state index in [1.165, 1.54) is 24.0 Å². The van der Waals surface area contributed by atoms with Crippen molar-refractivity contribution < 1.29 is 32.6 Å². The Bertz CT molecular complexity index is 1030. The molecule has 6 nitrogen and oxygen atoms in total. The Kier molecular flexibility index (Phi) is 8.24. The summed E-state index contributed by atoms with van der Waals surface area (Å²) in [5.74, 6) is -0.594. The number of carbonyl (C=O) groups is 2. The largest absolute Gasteiger partial charge is 0.490 e. The second-order valence-corrected chi connectivity index (χ2v) is 10.7. The molecule has 3 aliphatic rings. The molecule has 1 aliphatic carbocycles. The van der Waals surface area contributed by atoms with E-state index >= 15 is 0 Å². The molecule has 1 saturated heterocycles. The van der Waals surface area contributed by atoms with Gasteiger partial charge in [-0.25, -0.2) is 4.79 Å². The number of amides is 1. The number of aliphatic carboxylic acids is 1. The molecule has 1 aromatic heterocycles. The van der Waals surface area contributed by atoms with Crippen LogP contribution in [0.15, 0.2) is 41.1 Å². The number of thiophene rings is 1. The van der Waals surface area contributed by atoms with Gasteiger partial charge in [-0.05, 0) is 72.0 Å². The molecular weight excluding hydrogens is 493 g/mol. The van der Waals surface area contributed by atoms with Crippen molar-refractivity contribution >= 4 is 23.2 Å². The molecule has 1 saturated carbocycles. The van der Waals surface area contributed by atoms with Gasteiger partial charge in [0.05, 0.1) is 0 Å². The first-order valence-electron chi connectivity index (χ1n) is 12.2. The van der Waals surface area contributed by atoms with E-state index in [0.29, 0.717) is 6.42 Å². The summed E-state index contributed by atoms with van der Waals surface area (Å²) >= 11 is 1.77. The van der Waals surface area contributed by atoms with E-state index in [0.717, 1.165) is 57.1 Å². The lowest BCUT2D eigenvalue weighted by molar-refractivity contribution is -0.192. The molecule has 0 radical (unpaired) electrons. The lowest BCUT2D eigenvalue weighted by Crippen LogP contribution is -2.50. The van der Waals surface area contributed by atoms with Crippen LogP contribution >= 0.6 is 11.3 Å². The van der Waals surface area contributed by atoms with Gasteiger partial charge in [0.2, 0.25) is 5.91 Å². The van der Waals surface area contributed by atoms with Crippen LogP contribution in [0, 0.1) is 5.92 Å². The van der Waals surface area contributed by atoms with Crippen LogP contribution in [0.3, 0.4) is 0 Å². The predicted octanol–water partition coefficient (Wildman–Crippen LogP) is 5.20. The molecule has 1 spiro atoms. The van der Waals surface area contributed by atoms with Crippen LogP contribution in [0.25, 0.3) is 0 Å². The summed E-state index contributed by atoms with van der Waals surface area (Å²) in [6, 6.07) is 10.6. The molecule has 1 aromatic carbocycles. The zero-order valence-corrected chi connectivity index (χ0v) is 20.7. The van der Waals surface area contributed by atoms with Crippen LogP contribution in [-0.2, 0) is 16.1 Å². The van der Waals surface area contributed by atoms with Crippen LogP contribution in [-0.4, -0.2) is 53.3 Å². The number of nitrogens with zero attached hydrogens (tertiary/aromatic N) is 1. The minimum absolute atomic E-state index is 0.124. The third-order valence-corrected chi connectivity index (χ3v) is 7.75. The van der Waals surface area contributed by atoms with E-state index in [4.69, 9.17) is 14.6 Å². The molecule has 5 rings (SSSR count). The highest BCUT2D eigenvalue weighted by Crippen LogP contribution is 2.46. The second-order valence-electron chi connectivity index (χ2n) is 9.89. The minimum Gasteiger partial charge on any atom is -0.487 e. The van der Waals surface area contributed by atoms with Gasteiger partial charge < -0.3 is 15.2 Å². The maximum absolute atomic E-state index is 12.6. The van der Waals surface area contributed by atoms with Crippen LogP contribution in [0.2, 0.25) is 0 Å². The summed E-state index contributed by atoms with van der Waals surface area (Å²) in [5, 5.41) is 14.7. The molecule has 36 heavy (non-hydrogen) atoms. The lowest BCUT2D eigenvalue weighted by atomic mass is 9.76. The van der Waals surface area contributed by atoms with Crippen LogP contribution < -0.4 is 10.1 Å². The smallest absolute Gasteiger partial charge is 0.487 e. The number of benzene rings is 1. The molecule has 10 heteroatoms. The number of carbonyl (C=O) groups excluding carboxylic acids is 1. The Labute approximate surface area is 212 Å². The molecule has 2 aliphatic heterocycles. The standard InChI is InChI=1S/C24H30N2O2S.C2HF3O2/c27-23(25-15-18-5-6-18)13-20-14-24(28-22-4-2-1-3-21(20)22)8-10-26(11-9-24)16-19-7-12-29-17-19;3-2(4,5)1(6)7/h1-4,7,12,17-18,20H,5-6,8-11,13-16H2,(H,25,27);(H,6,7). The molecule has 2 N–H and O–H groups in total. The fourth-order valence-corrected chi connectivity index (χ4v) is 5.53. The Morgan fingerprint density at radius 2 is 1.86 bits per heavy atom. The number of carboxylic acids is 1. The van der Waals surface area contributed by atoms with Gasteiger partial charge in [-0.2, -0.15) is 24.5 Å². The summed E-state index contributed by atoms with van der Waals surface area (Å²) in [6.07, 6.45) is 1.05. The number of halogens is 3. The van der Waals surface area contributed by atoms with Crippen molar-refractivity contribution in [2.75, 3.05) is 19.6 Å². The number of nitrogens with one attached hydrogen (secondary N) is 1. The quantitative estimate of drug-likeness (QED) is 0.543. The van der Waals surface area contributed by atoms with Crippen LogP contribution in [0.4, 0.5) is 13.2 Å². The zero-order chi connectivity index (χ0) is 25.8. The van der Waals surface area contributed by atoms with E-state index in [-0.39, 0.29) is 17.4 Å². The normalized spacial score (nSPS) is 21.0. The van der Waals surface area contributed by atoms with Gasteiger partial charge in [-0.15, -0.1) is 0 Å². The Morgan fingerprint density at radius 3 is 2.47 bits per heavy atom. The summed E-state index contributed by atoms with van der Waals surface area (Å²) < 4.78 is 38.3. The van der Waals surface area contributed by atoms with Crippen molar-refractivity contribution in [3.8, 4) is 5.75 Å². The monoisotopic (exact) mass is 524 g/mol. The van der Waals surface area contributed by atoms with Gasteiger partial charge in [0, 0.05) is 38.5 Å². The third kappa shape index (κ3) is 7.22. The summed E-state index contributed by atoms with van der Waals surface area (Å²) in [4.78, 5) is 24.0. The van der Waals surface area contributed by atoms with Crippen molar-refractivity contribution in [3.63, 3.8) is 0 Å². The van der Waals surface area contributed by atoms with E-state index in [2.05, 4.69) is 45.2 Å². The Morgan fingerprint density at radius 1 is 1.17 bits per heavy atom. The first kappa shape index (κ1) is 26.5. The topological polar surface area (TPSA) is 78.9 Å². The average Bonchev–Trinajstić information content (AvgIpc) is 3.53. The highest BCUT2D eigenvalue weighted by atomic mass is 32.1. The number of para-hydroxylation sites is 1. The number of ether oxygens (including phenoxy) is 1. The predicted molar refractivity (Wildman–Crippen MR) is 130 cm³/mol. The second kappa shape index (κ2) is 11.2. The molecule has 1 amide bonds. The molecule has 2 aromatic rings. The maximum Gasteiger partial charge on any atom is 0.490 e. The van der Waals surface area contributed by atoms with Gasteiger partial charge in [-0.3, -0.25) is 9.69 Å². The van der Waals surface area contributed by atoms with Crippen molar-refractivity contribution in [1.82, 2.24) is 10.2 Å². The van der Waals surface area contributed by atoms with Gasteiger partial charge in [-0.1, -0.05) is 18.2 Å². The molecule has 0 bridgehead atoms. The van der Waals surface area contributed by atoms with E-state index < -0.39 is 12.1 Å². The van der Waals surface area contributed by atoms with Crippen molar-refractivity contribution in [1.29, 1.82) is 0 Å². The molecular formula is C26H31F3N2O4S. The molecule has 1 atom stereocenters. The molecule has 2 fully saturated rings. The zero-order valence-electron chi connectivity index (χ0n) is 19.9. The van der Waals surface area contributed by atoms with E-state index in [1.807, 2.05) is 6.07 Å². The summed E-state index contributed by atoms with van der Waals surface area (Å²) in [5.41, 5.74) is 2.49. The first-order chi connectivity index (χ1) is 17.1. The van der Waals surface area contributed by atoms with Gasteiger partial charge in [0.1, 0.15) is 11.4 Å². The van der Waals surface area contributed by atoms with Crippen molar-refractivity contribution in [2.45, 2.75) is 62.8 Å². The highest BCUT2D eigenvalue weighted by molar-refractivity contribution is 7.07. The number of hydrogen-bond donors (Lipinski definition) is 2. The number of rotatable bonds is 6. The van der Waals surface area contributed by atoms with Gasteiger partial charge in [0.15, 0.2) is 0 Å². The van der Waals surface area contributed by atoms with Gasteiger partial charge in [0.25, 0.3) is 0 Å². The van der Waals surface area contributed by atoms with Crippen LogP contribution in [0.1, 0.15) is 55.6 Å². The fraction of sp³-hybridized carbons (Fsp3) is 0.538. The van der Waals surface area contributed by atoms with Crippen LogP contribution in [0.5, 0.6) is 5.75 Å². The first-order valence-corrected chi connectivity index (χ1v) is 13.2. The van der Waals surface area contributed by atoms with Crippen molar-refractivity contribution in [2.24, 2.45) is 5.92 Å². The number of carboxylic acid groups (broad SMARTS) is 1. The number of alkyl halides is 3. The Hall–Kier alpha value is -2.59.